The van der Waals surface area contributed by atoms with E-state index in [0.717, 1.165) is 34.1 Å². The second-order valence-electron chi connectivity index (χ2n) is 7.04. The molecule has 3 rings (SSSR count). The number of esters is 1. The standard InChI is InChI=1S/C23H20ClFN2O5S/c1-15-3-8-18(9-4-15)27(33(30,31)19-10-5-16(25)6-11-19)14-22(28)26-17-7-12-21(24)20(13-17)23(29)32-2/h3-13H,14H2,1-2H3,(H,26,28). The van der Waals surface area contributed by atoms with E-state index < -0.39 is 34.3 Å². The molecule has 3 aromatic rings. The number of halogens is 2. The van der Waals surface area contributed by atoms with Crippen molar-refractivity contribution in [3.63, 3.8) is 0 Å². The molecule has 0 fully saturated rings. The molecule has 7 nitrogen and oxygen atoms in total. The van der Waals surface area contributed by atoms with Crippen molar-refractivity contribution in [1.29, 1.82) is 0 Å². The predicted molar refractivity (Wildman–Crippen MR) is 124 cm³/mol. The van der Waals surface area contributed by atoms with E-state index in [1.54, 1.807) is 24.3 Å². The summed E-state index contributed by atoms with van der Waals surface area (Å²) in [6, 6.07) is 15.1. The number of methoxy groups -OCH3 is 1. The zero-order chi connectivity index (χ0) is 24.2. The summed E-state index contributed by atoms with van der Waals surface area (Å²) in [5, 5.41) is 2.70. The molecule has 10 heteroatoms. The highest BCUT2D eigenvalue weighted by atomic mass is 35.5. The number of hydrogen-bond donors (Lipinski definition) is 1. The number of sulfonamides is 1. The van der Waals surface area contributed by atoms with Gasteiger partial charge < -0.3 is 10.1 Å². The van der Waals surface area contributed by atoms with Crippen molar-refractivity contribution < 1.29 is 27.1 Å². The van der Waals surface area contributed by atoms with Crippen LogP contribution in [-0.2, 0) is 19.6 Å². The van der Waals surface area contributed by atoms with Gasteiger partial charge in [0.25, 0.3) is 10.0 Å². The third-order valence-electron chi connectivity index (χ3n) is 4.67. The number of nitrogens with one attached hydrogen (secondary N) is 1. The zero-order valence-corrected chi connectivity index (χ0v) is 19.3. The van der Waals surface area contributed by atoms with Crippen molar-refractivity contribution in [1.82, 2.24) is 0 Å². The summed E-state index contributed by atoms with van der Waals surface area (Å²) in [7, 11) is -2.99. The fourth-order valence-corrected chi connectivity index (χ4v) is 4.58. The molecule has 0 aliphatic rings. The molecule has 0 saturated heterocycles. The number of aryl methyl sites for hydroxylation is 1. The molecule has 0 aliphatic carbocycles. The Bertz CT molecular complexity index is 1280. The van der Waals surface area contributed by atoms with Crippen molar-refractivity contribution >= 4 is 44.9 Å². The van der Waals surface area contributed by atoms with Crippen molar-refractivity contribution in [2.24, 2.45) is 0 Å². The Morgan fingerprint density at radius 3 is 2.27 bits per heavy atom. The molecule has 0 atom stereocenters. The van der Waals surface area contributed by atoms with Gasteiger partial charge in [-0.1, -0.05) is 29.3 Å². The molecule has 0 unspecified atom stereocenters. The van der Waals surface area contributed by atoms with Gasteiger partial charge in [0.1, 0.15) is 12.4 Å². The lowest BCUT2D eigenvalue weighted by atomic mass is 10.2. The first-order valence-electron chi connectivity index (χ1n) is 9.64. The second-order valence-corrected chi connectivity index (χ2v) is 9.31. The first-order valence-corrected chi connectivity index (χ1v) is 11.5. The van der Waals surface area contributed by atoms with Gasteiger partial charge in [-0.25, -0.2) is 17.6 Å². The van der Waals surface area contributed by atoms with Crippen LogP contribution < -0.4 is 9.62 Å². The minimum absolute atomic E-state index is 0.0475. The number of carbonyl (C=O) groups excluding carboxylic acids is 2. The maximum Gasteiger partial charge on any atom is 0.339 e. The Morgan fingerprint density at radius 2 is 1.67 bits per heavy atom. The highest BCUT2D eigenvalue weighted by Gasteiger charge is 2.27. The number of amides is 1. The Morgan fingerprint density at radius 1 is 1.03 bits per heavy atom. The molecule has 0 radical (unpaired) electrons. The van der Waals surface area contributed by atoms with Crippen LogP contribution >= 0.6 is 11.6 Å². The molecule has 0 saturated carbocycles. The molecule has 3 aromatic carbocycles. The van der Waals surface area contributed by atoms with E-state index in [9.17, 15) is 22.4 Å². The molecule has 0 bridgehead atoms. The van der Waals surface area contributed by atoms with E-state index >= 15 is 0 Å². The second kappa shape index (κ2) is 10.0. The monoisotopic (exact) mass is 490 g/mol. The van der Waals surface area contributed by atoms with Crippen LogP contribution in [0.1, 0.15) is 15.9 Å². The summed E-state index contributed by atoms with van der Waals surface area (Å²) >= 11 is 5.99. The van der Waals surface area contributed by atoms with Crippen LogP contribution in [0.25, 0.3) is 0 Å². The smallest absolute Gasteiger partial charge is 0.339 e. The van der Waals surface area contributed by atoms with E-state index in [0.29, 0.717) is 0 Å². The Hall–Kier alpha value is -3.43. The topological polar surface area (TPSA) is 92.8 Å². The number of carbonyl (C=O) groups is 2. The molecule has 0 heterocycles. The minimum Gasteiger partial charge on any atom is -0.465 e. The van der Waals surface area contributed by atoms with Gasteiger partial charge in [0.15, 0.2) is 0 Å². The third-order valence-corrected chi connectivity index (χ3v) is 6.78. The van der Waals surface area contributed by atoms with Crippen molar-refractivity contribution in [3.8, 4) is 0 Å². The molecule has 0 spiro atoms. The normalized spacial score (nSPS) is 11.0. The van der Waals surface area contributed by atoms with Crippen molar-refractivity contribution in [3.05, 3.63) is 88.7 Å². The molecule has 1 amide bonds. The molecule has 33 heavy (non-hydrogen) atoms. The van der Waals surface area contributed by atoms with Crippen molar-refractivity contribution in [2.75, 3.05) is 23.3 Å². The fourth-order valence-electron chi connectivity index (χ4n) is 2.96. The van der Waals surface area contributed by atoms with Gasteiger partial charge in [0.2, 0.25) is 5.91 Å². The van der Waals surface area contributed by atoms with E-state index in [1.165, 1.54) is 25.3 Å². The molecule has 172 valence electrons. The molecular formula is C23H20ClFN2O5S. The van der Waals surface area contributed by atoms with Crippen LogP contribution in [0.5, 0.6) is 0 Å². The highest BCUT2D eigenvalue weighted by molar-refractivity contribution is 7.92. The highest BCUT2D eigenvalue weighted by Crippen LogP contribution is 2.25. The fraction of sp³-hybridized carbons (Fsp3) is 0.130. The van der Waals surface area contributed by atoms with Crippen molar-refractivity contribution in [2.45, 2.75) is 11.8 Å². The number of hydrogen-bond acceptors (Lipinski definition) is 5. The molecule has 0 aromatic heterocycles. The van der Waals surface area contributed by atoms with Crippen LogP contribution in [0.4, 0.5) is 15.8 Å². The average Bonchev–Trinajstić information content (AvgIpc) is 2.79. The largest absolute Gasteiger partial charge is 0.465 e. The Labute approximate surface area is 195 Å². The number of rotatable bonds is 7. The van der Waals surface area contributed by atoms with Gasteiger partial charge in [-0.2, -0.15) is 0 Å². The number of benzene rings is 3. The lowest BCUT2D eigenvalue weighted by molar-refractivity contribution is -0.114. The summed E-state index contributed by atoms with van der Waals surface area (Å²) in [6.45, 7) is 1.27. The number of nitrogens with zero attached hydrogens (tertiary/aromatic N) is 1. The maximum atomic E-state index is 13.3. The SMILES string of the molecule is COC(=O)c1cc(NC(=O)CN(c2ccc(C)cc2)S(=O)(=O)c2ccc(F)cc2)ccc1Cl. The van der Waals surface area contributed by atoms with Gasteiger partial charge in [-0.15, -0.1) is 0 Å². The predicted octanol–water partition coefficient (Wildman–Crippen LogP) is 4.41. The average molecular weight is 491 g/mol. The third kappa shape index (κ3) is 5.68. The molecule has 1 N–H and O–H groups in total. The van der Waals surface area contributed by atoms with E-state index in [1.807, 2.05) is 6.92 Å². The Balaban J connectivity index is 1.92. The molecule has 0 aliphatic heterocycles. The quantitative estimate of drug-likeness (QED) is 0.495. The van der Waals surface area contributed by atoms with Gasteiger partial charge in [0, 0.05) is 5.69 Å². The lowest BCUT2D eigenvalue weighted by Crippen LogP contribution is -2.38. The summed E-state index contributed by atoms with van der Waals surface area (Å²) in [5.41, 5.74) is 1.43. The van der Waals surface area contributed by atoms with Gasteiger partial charge in [0.05, 0.1) is 28.3 Å². The van der Waals surface area contributed by atoms with Crippen LogP contribution in [0.15, 0.2) is 71.6 Å². The number of ether oxygens (including phenoxy) is 1. The van der Waals surface area contributed by atoms with Crippen LogP contribution in [0, 0.1) is 12.7 Å². The van der Waals surface area contributed by atoms with Gasteiger partial charge >= 0.3 is 5.97 Å². The summed E-state index contributed by atoms with van der Waals surface area (Å²) in [6.07, 6.45) is 0. The summed E-state index contributed by atoms with van der Waals surface area (Å²) in [4.78, 5) is 24.5. The van der Waals surface area contributed by atoms with E-state index in [2.05, 4.69) is 10.1 Å². The lowest BCUT2D eigenvalue weighted by Gasteiger charge is -2.24. The van der Waals surface area contributed by atoms with Crippen LogP contribution in [0.2, 0.25) is 5.02 Å². The first-order chi connectivity index (χ1) is 15.6. The number of anilines is 2. The summed E-state index contributed by atoms with van der Waals surface area (Å²) < 4.78 is 45.5. The summed E-state index contributed by atoms with van der Waals surface area (Å²) in [5.74, 6) is -1.94. The zero-order valence-electron chi connectivity index (χ0n) is 17.7. The maximum absolute atomic E-state index is 13.3. The van der Waals surface area contributed by atoms with Crippen LogP contribution in [-0.4, -0.2) is 33.9 Å². The van der Waals surface area contributed by atoms with E-state index in [4.69, 9.17) is 11.6 Å². The van der Waals surface area contributed by atoms with Gasteiger partial charge in [-0.3, -0.25) is 9.10 Å². The van der Waals surface area contributed by atoms with Crippen LogP contribution in [0.3, 0.4) is 0 Å². The van der Waals surface area contributed by atoms with Gasteiger partial charge in [-0.05, 0) is 61.5 Å². The van der Waals surface area contributed by atoms with E-state index in [-0.39, 0.29) is 26.9 Å². The molecular weight excluding hydrogens is 471 g/mol. The minimum atomic E-state index is -4.19. The first kappa shape index (κ1) is 24.2. The Kier molecular flexibility index (Phi) is 7.35.